The van der Waals surface area contributed by atoms with E-state index in [9.17, 15) is 4.79 Å². The molecule has 17 heavy (non-hydrogen) atoms. The third kappa shape index (κ3) is 3.76. The molecule has 1 aromatic rings. The summed E-state index contributed by atoms with van der Waals surface area (Å²) in [6.07, 6.45) is 0. The summed E-state index contributed by atoms with van der Waals surface area (Å²) >= 11 is 17.2. The molecule has 3 nitrogen and oxygen atoms in total. The molecule has 0 spiro atoms. The monoisotopic (exact) mass is 555 g/mol. The lowest BCUT2D eigenvalue weighted by atomic mass is 10.2. The predicted octanol–water partition coefficient (Wildman–Crippen LogP) is 4.50. The SMILES string of the molecule is NCC(=O)OCc1c(Br)c(Br)c(Br)c(Br)c1Br. The zero-order valence-electron chi connectivity index (χ0n) is 8.20. The van der Waals surface area contributed by atoms with E-state index < -0.39 is 5.97 Å². The first-order valence-electron chi connectivity index (χ1n) is 4.26. The Hall–Kier alpha value is 1.05. The lowest BCUT2D eigenvalue weighted by molar-refractivity contribution is -0.143. The molecule has 0 radical (unpaired) electrons. The molecule has 0 saturated heterocycles. The molecule has 0 aliphatic heterocycles. The van der Waals surface area contributed by atoms with Gasteiger partial charge in [0.2, 0.25) is 0 Å². The van der Waals surface area contributed by atoms with Crippen LogP contribution in [-0.2, 0) is 16.1 Å². The summed E-state index contributed by atoms with van der Waals surface area (Å²) in [6, 6.07) is 0. The van der Waals surface area contributed by atoms with E-state index in [1.165, 1.54) is 0 Å². The van der Waals surface area contributed by atoms with Crippen molar-refractivity contribution in [1.82, 2.24) is 0 Å². The van der Waals surface area contributed by atoms with Gasteiger partial charge in [-0.15, -0.1) is 0 Å². The van der Waals surface area contributed by atoms with Gasteiger partial charge in [0, 0.05) is 27.9 Å². The van der Waals surface area contributed by atoms with Crippen molar-refractivity contribution in [2.45, 2.75) is 6.61 Å². The summed E-state index contributed by atoms with van der Waals surface area (Å²) in [5, 5.41) is 0. The standard InChI is InChI=1S/C9H6Br5NO2/c10-5-3(2-17-4(16)1-15)6(11)8(13)9(14)7(5)12/h1-2,15H2. The largest absolute Gasteiger partial charge is 0.460 e. The van der Waals surface area contributed by atoms with Gasteiger partial charge in [0.15, 0.2) is 0 Å². The fraction of sp³-hybridized carbons (Fsp3) is 0.222. The van der Waals surface area contributed by atoms with Gasteiger partial charge in [-0.25, -0.2) is 0 Å². The fourth-order valence-electron chi connectivity index (χ4n) is 0.989. The molecular weight excluding hydrogens is 554 g/mol. The first kappa shape index (κ1) is 16.1. The normalized spacial score (nSPS) is 10.5. The van der Waals surface area contributed by atoms with Crippen molar-refractivity contribution in [3.8, 4) is 0 Å². The minimum Gasteiger partial charge on any atom is -0.460 e. The number of carbonyl (C=O) groups is 1. The number of hydrogen-bond acceptors (Lipinski definition) is 3. The molecule has 0 unspecified atom stereocenters. The van der Waals surface area contributed by atoms with E-state index in [0.717, 1.165) is 27.9 Å². The average molecular weight is 560 g/mol. The summed E-state index contributed by atoms with van der Waals surface area (Å²) < 4.78 is 9.17. The highest BCUT2D eigenvalue weighted by atomic mass is 79.9. The summed E-state index contributed by atoms with van der Waals surface area (Å²) in [5.74, 6) is -0.445. The van der Waals surface area contributed by atoms with Crippen LogP contribution >= 0.6 is 79.6 Å². The quantitative estimate of drug-likeness (QED) is 0.337. The maximum Gasteiger partial charge on any atom is 0.320 e. The summed E-state index contributed by atoms with van der Waals surface area (Å²) in [4.78, 5) is 11.0. The van der Waals surface area contributed by atoms with Gasteiger partial charge in [0.05, 0.1) is 6.54 Å². The van der Waals surface area contributed by atoms with E-state index in [4.69, 9.17) is 10.5 Å². The molecule has 0 saturated carbocycles. The lowest BCUT2D eigenvalue weighted by Crippen LogP contribution is -2.16. The van der Waals surface area contributed by atoms with Crippen LogP contribution in [0.4, 0.5) is 0 Å². The van der Waals surface area contributed by atoms with Gasteiger partial charge in [-0.3, -0.25) is 4.79 Å². The predicted molar refractivity (Wildman–Crippen MR) is 83.8 cm³/mol. The van der Waals surface area contributed by atoms with Crippen LogP contribution in [0, 0.1) is 0 Å². The number of carbonyl (C=O) groups excluding carboxylic acids is 1. The van der Waals surface area contributed by atoms with Crippen LogP contribution in [0.3, 0.4) is 0 Å². The van der Waals surface area contributed by atoms with Crippen molar-refractivity contribution in [2.75, 3.05) is 6.54 Å². The highest BCUT2D eigenvalue weighted by Crippen LogP contribution is 2.44. The van der Waals surface area contributed by atoms with Gasteiger partial charge >= 0.3 is 5.97 Å². The third-order valence-corrected chi connectivity index (χ3v) is 8.10. The van der Waals surface area contributed by atoms with Crippen LogP contribution in [0.15, 0.2) is 22.4 Å². The van der Waals surface area contributed by atoms with Crippen molar-refractivity contribution in [2.24, 2.45) is 5.73 Å². The molecular formula is C9H6Br5NO2. The lowest BCUT2D eigenvalue weighted by Gasteiger charge is -2.13. The van der Waals surface area contributed by atoms with Crippen molar-refractivity contribution in [1.29, 1.82) is 0 Å². The molecule has 0 amide bonds. The second-order valence-electron chi connectivity index (χ2n) is 2.91. The van der Waals surface area contributed by atoms with Crippen LogP contribution in [0.1, 0.15) is 5.56 Å². The van der Waals surface area contributed by atoms with Gasteiger partial charge in [0.1, 0.15) is 6.61 Å². The van der Waals surface area contributed by atoms with Gasteiger partial charge in [-0.05, 0) is 79.6 Å². The number of rotatable bonds is 3. The Bertz CT molecular complexity index is 434. The molecule has 0 fully saturated rings. The van der Waals surface area contributed by atoms with E-state index in [2.05, 4.69) is 79.6 Å². The zero-order valence-corrected chi connectivity index (χ0v) is 16.1. The number of ether oxygens (including phenoxy) is 1. The van der Waals surface area contributed by atoms with Crippen LogP contribution in [0.5, 0.6) is 0 Å². The fourth-order valence-corrected chi connectivity index (χ4v) is 4.35. The Labute approximate surface area is 140 Å². The maximum atomic E-state index is 11.0. The molecule has 1 aromatic carbocycles. The molecule has 0 heterocycles. The summed E-state index contributed by atoms with van der Waals surface area (Å²) in [7, 11) is 0. The number of hydrogen-bond donors (Lipinski definition) is 1. The topological polar surface area (TPSA) is 52.3 Å². The molecule has 2 N–H and O–H groups in total. The van der Waals surface area contributed by atoms with Crippen LogP contribution in [-0.4, -0.2) is 12.5 Å². The van der Waals surface area contributed by atoms with Crippen molar-refractivity contribution >= 4 is 85.6 Å². The first-order chi connectivity index (χ1) is 7.90. The molecule has 0 bridgehead atoms. The average Bonchev–Trinajstić information content (AvgIpc) is 2.33. The Balaban J connectivity index is 3.12. The zero-order chi connectivity index (χ0) is 13.2. The van der Waals surface area contributed by atoms with Crippen molar-refractivity contribution < 1.29 is 9.53 Å². The van der Waals surface area contributed by atoms with Crippen LogP contribution in [0.2, 0.25) is 0 Å². The smallest absolute Gasteiger partial charge is 0.320 e. The number of esters is 1. The molecule has 8 heteroatoms. The van der Waals surface area contributed by atoms with Gasteiger partial charge in [-0.1, -0.05) is 0 Å². The van der Waals surface area contributed by atoms with E-state index in [1.54, 1.807) is 0 Å². The first-order valence-corrected chi connectivity index (χ1v) is 8.22. The maximum absolute atomic E-state index is 11.0. The third-order valence-electron chi connectivity index (χ3n) is 1.84. The minimum atomic E-state index is -0.445. The van der Waals surface area contributed by atoms with E-state index in [-0.39, 0.29) is 13.2 Å². The van der Waals surface area contributed by atoms with E-state index in [0.29, 0.717) is 0 Å². The molecule has 0 aliphatic rings. The Morgan fingerprint density at radius 3 is 1.76 bits per heavy atom. The van der Waals surface area contributed by atoms with Crippen molar-refractivity contribution in [3.63, 3.8) is 0 Å². The Morgan fingerprint density at radius 1 is 0.941 bits per heavy atom. The molecule has 0 atom stereocenters. The Kier molecular flexibility index (Phi) is 6.63. The van der Waals surface area contributed by atoms with Gasteiger partial charge in [-0.2, -0.15) is 0 Å². The number of benzene rings is 1. The van der Waals surface area contributed by atoms with Crippen molar-refractivity contribution in [3.05, 3.63) is 27.9 Å². The highest BCUT2D eigenvalue weighted by molar-refractivity contribution is 9.15. The summed E-state index contributed by atoms with van der Waals surface area (Å²) in [5.41, 5.74) is 5.99. The Morgan fingerprint density at radius 2 is 1.35 bits per heavy atom. The van der Waals surface area contributed by atoms with Gasteiger partial charge in [0.25, 0.3) is 0 Å². The number of halogens is 5. The highest BCUT2D eigenvalue weighted by Gasteiger charge is 2.18. The van der Waals surface area contributed by atoms with E-state index >= 15 is 0 Å². The molecule has 1 rings (SSSR count). The number of nitrogens with two attached hydrogens (primary N) is 1. The van der Waals surface area contributed by atoms with Gasteiger partial charge < -0.3 is 10.5 Å². The molecule has 0 aliphatic carbocycles. The van der Waals surface area contributed by atoms with E-state index in [1.807, 2.05) is 0 Å². The minimum absolute atomic E-state index is 0.131. The second-order valence-corrected chi connectivity index (χ2v) is 6.88. The molecule has 0 aromatic heterocycles. The molecule has 94 valence electrons. The summed E-state index contributed by atoms with van der Waals surface area (Å²) in [6.45, 7) is 0.00971. The van der Waals surface area contributed by atoms with Crippen LogP contribution in [0.25, 0.3) is 0 Å². The van der Waals surface area contributed by atoms with Crippen LogP contribution < -0.4 is 5.73 Å². The second kappa shape index (κ2) is 7.00.